The molecule has 0 bridgehead atoms. The number of hydrogen-bond donors (Lipinski definition) is 0. The van der Waals surface area contributed by atoms with E-state index in [1.807, 2.05) is 67.6 Å². The van der Waals surface area contributed by atoms with Gasteiger partial charge in [0.1, 0.15) is 11.6 Å². The van der Waals surface area contributed by atoms with Crippen molar-refractivity contribution >= 4 is 22.9 Å². The first-order chi connectivity index (χ1) is 19.4. The number of nitro groups is 1. The third-order valence-electron chi connectivity index (χ3n) is 6.79. The van der Waals surface area contributed by atoms with Crippen LogP contribution in [0.3, 0.4) is 0 Å². The zero-order chi connectivity index (χ0) is 28.1. The number of nitro benzene ring substituents is 1. The van der Waals surface area contributed by atoms with Crippen molar-refractivity contribution in [1.82, 2.24) is 9.47 Å². The molecule has 1 saturated heterocycles. The monoisotopic (exact) mass is 538 g/mol. The number of benzene rings is 3. The molecule has 0 aliphatic carbocycles. The summed E-state index contributed by atoms with van der Waals surface area (Å²) in [5.74, 6) is 1.49. The maximum Gasteiger partial charge on any atom is 0.285 e. The van der Waals surface area contributed by atoms with E-state index in [0.29, 0.717) is 17.9 Å². The van der Waals surface area contributed by atoms with Crippen LogP contribution in [-0.4, -0.2) is 54.2 Å². The van der Waals surface area contributed by atoms with Crippen molar-refractivity contribution < 1.29 is 9.66 Å². The first-order valence-electron chi connectivity index (χ1n) is 13.1. The SMILES string of the molecule is CCOc1ccc(-c2cc(N3CCN(C)CC3)n(-c3ccccc3)c(=O)c2N=Nc2cccc([N+](=O)[O-])c2)cc1. The molecule has 1 fully saturated rings. The molecule has 4 aromatic rings. The van der Waals surface area contributed by atoms with E-state index >= 15 is 0 Å². The number of anilines is 1. The minimum Gasteiger partial charge on any atom is -0.494 e. The van der Waals surface area contributed by atoms with Crippen LogP contribution in [0.5, 0.6) is 5.75 Å². The van der Waals surface area contributed by atoms with Crippen LogP contribution in [0.4, 0.5) is 22.9 Å². The van der Waals surface area contributed by atoms with Gasteiger partial charge in [-0.3, -0.25) is 19.5 Å². The fraction of sp³-hybridized carbons (Fsp3) is 0.233. The van der Waals surface area contributed by atoms with Gasteiger partial charge in [-0.2, -0.15) is 5.11 Å². The molecule has 1 aliphatic rings. The van der Waals surface area contributed by atoms with Gasteiger partial charge in [-0.1, -0.05) is 36.4 Å². The molecule has 40 heavy (non-hydrogen) atoms. The number of piperazine rings is 1. The number of hydrogen-bond acceptors (Lipinski definition) is 8. The lowest BCUT2D eigenvalue weighted by Gasteiger charge is -2.35. The van der Waals surface area contributed by atoms with Gasteiger partial charge in [0.05, 0.1) is 22.9 Å². The van der Waals surface area contributed by atoms with Gasteiger partial charge in [0.2, 0.25) is 0 Å². The summed E-state index contributed by atoms with van der Waals surface area (Å²) in [5.41, 5.74) is 2.09. The van der Waals surface area contributed by atoms with Crippen LogP contribution in [0, 0.1) is 10.1 Å². The molecule has 0 N–H and O–H groups in total. The molecule has 0 saturated carbocycles. The number of ether oxygens (including phenoxy) is 1. The van der Waals surface area contributed by atoms with Crippen LogP contribution in [0.25, 0.3) is 16.8 Å². The summed E-state index contributed by atoms with van der Waals surface area (Å²) in [6, 6.07) is 24.8. The fourth-order valence-corrected chi connectivity index (χ4v) is 4.67. The van der Waals surface area contributed by atoms with Gasteiger partial charge < -0.3 is 14.5 Å². The van der Waals surface area contributed by atoms with E-state index in [-0.39, 0.29) is 22.6 Å². The average molecular weight is 539 g/mol. The number of para-hydroxylation sites is 1. The molecule has 0 unspecified atom stereocenters. The molecule has 0 atom stereocenters. The van der Waals surface area contributed by atoms with E-state index < -0.39 is 4.92 Å². The predicted molar refractivity (Wildman–Crippen MR) is 156 cm³/mol. The summed E-state index contributed by atoms with van der Waals surface area (Å²) in [5, 5.41) is 19.9. The maximum absolute atomic E-state index is 14.3. The zero-order valence-corrected chi connectivity index (χ0v) is 22.4. The van der Waals surface area contributed by atoms with Crippen molar-refractivity contribution in [1.29, 1.82) is 0 Å². The van der Waals surface area contributed by atoms with Crippen LogP contribution in [0.15, 0.2) is 100.0 Å². The van der Waals surface area contributed by atoms with Crippen molar-refractivity contribution in [3.05, 3.63) is 105 Å². The lowest BCUT2D eigenvalue weighted by Crippen LogP contribution is -2.46. The number of non-ortho nitro benzene ring substituents is 1. The molecule has 1 aromatic heterocycles. The van der Waals surface area contributed by atoms with Crippen LogP contribution in [0.1, 0.15) is 6.92 Å². The Morgan fingerprint density at radius 3 is 2.30 bits per heavy atom. The number of nitrogens with zero attached hydrogens (tertiary/aromatic N) is 6. The first-order valence-corrected chi connectivity index (χ1v) is 13.1. The average Bonchev–Trinajstić information content (AvgIpc) is 2.98. The molecule has 0 radical (unpaired) electrons. The Labute approximate surface area is 231 Å². The standard InChI is InChI=1S/C30H30N6O4/c1-3-40-26-14-12-22(13-15-26)27-21-28(34-18-16-33(2)17-19-34)35(24-9-5-4-6-10-24)30(37)29(27)32-31-23-8-7-11-25(20-23)36(38)39/h4-15,20-21H,3,16-19H2,1-2H3. The van der Waals surface area contributed by atoms with Gasteiger partial charge in [0.25, 0.3) is 11.2 Å². The number of aromatic nitrogens is 1. The molecule has 204 valence electrons. The first kappa shape index (κ1) is 26.8. The van der Waals surface area contributed by atoms with E-state index in [4.69, 9.17) is 4.74 Å². The molecule has 3 aromatic carbocycles. The van der Waals surface area contributed by atoms with Gasteiger partial charge in [-0.15, -0.1) is 5.11 Å². The van der Waals surface area contributed by atoms with E-state index in [0.717, 1.165) is 43.3 Å². The Morgan fingerprint density at radius 2 is 1.62 bits per heavy atom. The van der Waals surface area contributed by atoms with E-state index in [1.165, 1.54) is 12.1 Å². The Kier molecular flexibility index (Phi) is 7.97. The predicted octanol–water partition coefficient (Wildman–Crippen LogP) is 5.98. The number of likely N-dealkylation sites (N-methyl/N-ethyl adjacent to an activating group) is 1. The highest BCUT2D eigenvalue weighted by Gasteiger charge is 2.23. The van der Waals surface area contributed by atoms with Gasteiger partial charge in [-0.05, 0) is 55.9 Å². The van der Waals surface area contributed by atoms with E-state index in [1.54, 1.807) is 16.7 Å². The molecule has 0 spiro atoms. The summed E-state index contributed by atoms with van der Waals surface area (Å²) in [6.45, 7) is 5.74. The van der Waals surface area contributed by atoms with Crippen molar-refractivity contribution in [2.24, 2.45) is 10.2 Å². The second-order valence-electron chi connectivity index (χ2n) is 9.47. The third-order valence-corrected chi connectivity index (χ3v) is 6.79. The molecule has 2 heterocycles. The highest BCUT2D eigenvalue weighted by atomic mass is 16.6. The van der Waals surface area contributed by atoms with Crippen LogP contribution in [0.2, 0.25) is 0 Å². The van der Waals surface area contributed by atoms with Crippen molar-refractivity contribution in [3.8, 4) is 22.6 Å². The van der Waals surface area contributed by atoms with Gasteiger partial charge in [0, 0.05) is 43.9 Å². The zero-order valence-electron chi connectivity index (χ0n) is 22.4. The summed E-state index contributed by atoms with van der Waals surface area (Å²) in [6.07, 6.45) is 0. The number of pyridine rings is 1. The third kappa shape index (κ3) is 5.76. The summed E-state index contributed by atoms with van der Waals surface area (Å²) < 4.78 is 7.29. The second-order valence-corrected chi connectivity index (χ2v) is 9.47. The van der Waals surface area contributed by atoms with Gasteiger partial charge in [-0.25, -0.2) is 0 Å². The molecular formula is C30H30N6O4. The quantitative estimate of drug-likeness (QED) is 0.155. The Bertz CT molecular complexity index is 1580. The Morgan fingerprint density at radius 1 is 0.900 bits per heavy atom. The lowest BCUT2D eigenvalue weighted by atomic mass is 10.0. The van der Waals surface area contributed by atoms with Crippen LogP contribution >= 0.6 is 0 Å². The van der Waals surface area contributed by atoms with Gasteiger partial charge >= 0.3 is 0 Å². The fourth-order valence-electron chi connectivity index (χ4n) is 4.67. The molecule has 5 rings (SSSR count). The molecule has 0 amide bonds. The van der Waals surface area contributed by atoms with Crippen molar-refractivity contribution in [2.45, 2.75) is 6.92 Å². The lowest BCUT2D eigenvalue weighted by molar-refractivity contribution is -0.384. The highest BCUT2D eigenvalue weighted by molar-refractivity contribution is 5.79. The molecule has 1 aliphatic heterocycles. The van der Waals surface area contributed by atoms with Crippen molar-refractivity contribution in [3.63, 3.8) is 0 Å². The van der Waals surface area contributed by atoms with E-state index in [9.17, 15) is 14.9 Å². The molecule has 10 heteroatoms. The molecule has 10 nitrogen and oxygen atoms in total. The van der Waals surface area contributed by atoms with Gasteiger partial charge in [0.15, 0.2) is 5.69 Å². The Hall–Kier alpha value is -4.83. The van der Waals surface area contributed by atoms with Crippen LogP contribution in [-0.2, 0) is 0 Å². The number of azo groups is 1. The summed E-state index contributed by atoms with van der Waals surface area (Å²) in [7, 11) is 2.09. The second kappa shape index (κ2) is 11.9. The Balaban J connectivity index is 1.72. The number of rotatable bonds is 8. The summed E-state index contributed by atoms with van der Waals surface area (Å²) in [4.78, 5) is 29.6. The highest BCUT2D eigenvalue weighted by Crippen LogP contribution is 2.35. The summed E-state index contributed by atoms with van der Waals surface area (Å²) >= 11 is 0. The largest absolute Gasteiger partial charge is 0.494 e. The van der Waals surface area contributed by atoms with Crippen LogP contribution < -0.4 is 15.2 Å². The minimum absolute atomic E-state index is 0.102. The normalized spacial score (nSPS) is 14.0. The molecular weight excluding hydrogens is 508 g/mol. The smallest absolute Gasteiger partial charge is 0.285 e. The van der Waals surface area contributed by atoms with E-state index in [2.05, 4.69) is 27.1 Å². The van der Waals surface area contributed by atoms with Crippen molar-refractivity contribution in [2.75, 3.05) is 44.7 Å². The maximum atomic E-state index is 14.3. The minimum atomic E-state index is -0.488. The topological polar surface area (TPSA) is 106 Å².